The summed E-state index contributed by atoms with van der Waals surface area (Å²) in [7, 11) is 3.84. The Balaban J connectivity index is 2.04. The highest BCUT2D eigenvalue weighted by Gasteiger charge is 2.25. The van der Waals surface area contributed by atoms with Gasteiger partial charge in [0.15, 0.2) is 0 Å². The van der Waals surface area contributed by atoms with Crippen LogP contribution < -0.4 is 5.32 Å². The van der Waals surface area contributed by atoms with E-state index in [0.29, 0.717) is 6.04 Å². The number of nitrogens with zero attached hydrogens (tertiary/aromatic N) is 2. The molecule has 1 aliphatic rings. The molecular formula is C17H27N3O. The van der Waals surface area contributed by atoms with Crippen molar-refractivity contribution in [3.05, 3.63) is 29.3 Å². The smallest absolute Gasteiger partial charge is 0.253 e. The zero-order valence-electron chi connectivity index (χ0n) is 13.6. The highest BCUT2D eigenvalue weighted by molar-refractivity contribution is 5.95. The minimum absolute atomic E-state index is 0.135. The number of amides is 1. The molecule has 0 unspecified atom stereocenters. The summed E-state index contributed by atoms with van der Waals surface area (Å²) in [6.07, 6.45) is 2.15. The monoisotopic (exact) mass is 289 g/mol. The Labute approximate surface area is 128 Å². The first-order valence-electron chi connectivity index (χ1n) is 7.84. The molecule has 0 aliphatic carbocycles. The second-order valence-corrected chi connectivity index (χ2v) is 5.86. The van der Waals surface area contributed by atoms with Gasteiger partial charge in [0.25, 0.3) is 5.91 Å². The Bertz CT molecular complexity index is 493. The maximum absolute atomic E-state index is 12.6. The van der Waals surface area contributed by atoms with Crippen LogP contribution in [0.25, 0.3) is 0 Å². The van der Waals surface area contributed by atoms with Gasteiger partial charge in [-0.3, -0.25) is 4.79 Å². The van der Waals surface area contributed by atoms with Crippen LogP contribution in [0.1, 0.15) is 35.7 Å². The van der Waals surface area contributed by atoms with E-state index in [1.54, 1.807) is 0 Å². The molecule has 1 aromatic carbocycles. The standard InChI is InChI=1S/C17H27N3O/c1-5-20-10-8-15(9-11-20)19(4)17(21)14-6-7-16(18-3)13(2)12-14/h6-7,12,15,18H,5,8-11H2,1-4H3. The summed E-state index contributed by atoms with van der Waals surface area (Å²) in [5.41, 5.74) is 2.97. The van der Waals surface area contributed by atoms with Crippen molar-refractivity contribution in [1.29, 1.82) is 0 Å². The molecule has 2 rings (SSSR count). The highest BCUT2D eigenvalue weighted by Crippen LogP contribution is 2.20. The zero-order chi connectivity index (χ0) is 15.4. The van der Waals surface area contributed by atoms with Gasteiger partial charge in [-0.15, -0.1) is 0 Å². The second-order valence-electron chi connectivity index (χ2n) is 5.86. The average molecular weight is 289 g/mol. The predicted molar refractivity (Wildman–Crippen MR) is 88.0 cm³/mol. The number of hydrogen-bond donors (Lipinski definition) is 1. The SMILES string of the molecule is CCN1CCC(N(C)C(=O)c2ccc(NC)c(C)c2)CC1. The van der Waals surface area contributed by atoms with Gasteiger partial charge in [0, 0.05) is 44.5 Å². The first-order valence-corrected chi connectivity index (χ1v) is 7.84. The van der Waals surface area contributed by atoms with Crippen LogP contribution in [0.4, 0.5) is 5.69 Å². The van der Waals surface area contributed by atoms with Gasteiger partial charge in [0.1, 0.15) is 0 Å². The third kappa shape index (κ3) is 3.56. The molecule has 21 heavy (non-hydrogen) atoms. The van der Waals surface area contributed by atoms with Crippen LogP contribution in [0.15, 0.2) is 18.2 Å². The van der Waals surface area contributed by atoms with Crippen LogP contribution >= 0.6 is 0 Å². The fourth-order valence-corrected chi connectivity index (χ4v) is 3.07. The quantitative estimate of drug-likeness (QED) is 0.925. The van der Waals surface area contributed by atoms with Gasteiger partial charge >= 0.3 is 0 Å². The fourth-order valence-electron chi connectivity index (χ4n) is 3.07. The summed E-state index contributed by atoms with van der Waals surface area (Å²) in [4.78, 5) is 17.0. The van der Waals surface area contributed by atoms with Gasteiger partial charge < -0.3 is 15.1 Å². The number of anilines is 1. The number of hydrogen-bond acceptors (Lipinski definition) is 3. The third-order valence-electron chi connectivity index (χ3n) is 4.62. The number of benzene rings is 1. The summed E-state index contributed by atoms with van der Waals surface area (Å²) < 4.78 is 0. The van der Waals surface area contributed by atoms with Crippen LogP contribution in [0.2, 0.25) is 0 Å². The predicted octanol–water partition coefficient (Wildman–Crippen LogP) is 2.59. The number of rotatable bonds is 4. The molecule has 0 spiro atoms. The lowest BCUT2D eigenvalue weighted by atomic mass is 10.0. The molecule has 0 aromatic heterocycles. The molecule has 0 atom stereocenters. The summed E-state index contributed by atoms with van der Waals surface area (Å²) in [5.74, 6) is 0.135. The van der Waals surface area contributed by atoms with Crippen molar-refractivity contribution in [2.45, 2.75) is 32.7 Å². The topological polar surface area (TPSA) is 35.6 Å². The number of piperidine rings is 1. The first-order chi connectivity index (χ1) is 10.1. The molecule has 1 aromatic rings. The molecule has 0 saturated carbocycles. The molecule has 4 nitrogen and oxygen atoms in total. The van der Waals surface area contributed by atoms with Gasteiger partial charge in [-0.2, -0.15) is 0 Å². The molecule has 1 heterocycles. The molecule has 1 fully saturated rings. The van der Waals surface area contributed by atoms with Crippen LogP contribution in [-0.4, -0.2) is 55.5 Å². The van der Waals surface area contributed by atoms with Crippen molar-refractivity contribution < 1.29 is 4.79 Å². The van der Waals surface area contributed by atoms with Crippen molar-refractivity contribution in [2.24, 2.45) is 0 Å². The van der Waals surface area contributed by atoms with Crippen LogP contribution in [0.3, 0.4) is 0 Å². The zero-order valence-corrected chi connectivity index (χ0v) is 13.6. The summed E-state index contributed by atoms with van der Waals surface area (Å²) in [6, 6.07) is 6.24. The molecule has 1 N–H and O–H groups in total. The fraction of sp³-hybridized carbons (Fsp3) is 0.588. The molecule has 4 heteroatoms. The van der Waals surface area contributed by atoms with E-state index in [0.717, 1.165) is 49.3 Å². The first kappa shape index (κ1) is 15.8. The maximum Gasteiger partial charge on any atom is 0.253 e. The van der Waals surface area contributed by atoms with Gasteiger partial charge in [0.05, 0.1) is 0 Å². The molecule has 0 radical (unpaired) electrons. The number of carbonyl (C=O) groups is 1. The Morgan fingerprint density at radius 2 is 2.05 bits per heavy atom. The highest BCUT2D eigenvalue weighted by atomic mass is 16.2. The molecule has 0 bridgehead atoms. The van der Waals surface area contributed by atoms with Crippen molar-refractivity contribution in [3.63, 3.8) is 0 Å². The summed E-state index contributed by atoms with van der Waals surface area (Å²) >= 11 is 0. The lowest BCUT2D eigenvalue weighted by molar-refractivity contribution is 0.0647. The summed E-state index contributed by atoms with van der Waals surface area (Å²) in [6.45, 7) is 7.52. The van der Waals surface area contributed by atoms with E-state index in [-0.39, 0.29) is 5.91 Å². The van der Waals surface area contributed by atoms with E-state index < -0.39 is 0 Å². The molecular weight excluding hydrogens is 262 g/mol. The second kappa shape index (κ2) is 6.94. The maximum atomic E-state index is 12.6. The minimum atomic E-state index is 0.135. The van der Waals surface area contributed by atoms with Gasteiger partial charge in [0.2, 0.25) is 0 Å². The van der Waals surface area contributed by atoms with Crippen molar-refractivity contribution in [1.82, 2.24) is 9.80 Å². The normalized spacial score (nSPS) is 16.8. The number of aryl methyl sites for hydroxylation is 1. The Hall–Kier alpha value is -1.55. The van der Waals surface area contributed by atoms with Crippen LogP contribution in [0.5, 0.6) is 0 Å². The van der Waals surface area contributed by atoms with Crippen molar-refractivity contribution >= 4 is 11.6 Å². The minimum Gasteiger partial charge on any atom is -0.388 e. The average Bonchev–Trinajstić information content (AvgIpc) is 2.53. The Morgan fingerprint density at radius 3 is 2.57 bits per heavy atom. The van der Waals surface area contributed by atoms with Crippen LogP contribution in [0, 0.1) is 6.92 Å². The largest absolute Gasteiger partial charge is 0.388 e. The van der Waals surface area contributed by atoms with E-state index in [1.807, 2.05) is 44.1 Å². The third-order valence-corrected chi connectivity index (χ3v) is 4.62. The Kier molecular flexibility index (Phi) is 5.23. The number of nitrogens with one attached hydrogen (secondary N) is 1. The summed E-state index contributed by atoms with van der Waals surface area (Å²) in [5, 5.41) is 3.13. The van der Waals surface area contributed by atoms with Gasteiger partial charge in [-0.05, 0) is 50.1 Å². The molecule has 1 amide bonds. The van der Waals surface area contributed by atoms with Crippen LogP contribution in [-0.2, 0) is 0 Å². The molecule has 116 valence electrons. The Morgan fingerprint density at radius 1 is 1.38 bits per heavy atom. The van der Waals surface area contributed by atoms with Crippen molar-refractivity contribution in [2.75, 3.05) is 39.0 Å². The number of carbonyl (C=O) groups excluding carboxylic acids is 1. The van der Waals surface area contributed by atoms with E-state index >= 15 is 0 Å². The van der Waals surface area contributed by atoms with E-state index in [9.17, 15) is 4.79 Å². The van der Waals surface area contributed by atoms with E-state index in [1.165, 1.54) is 0 Å². The van der Waals surface area contributed by atoms with E-state index in [4.69, 9.17) is 0 Å². The van der Waals surface area contributed by atoms with E-state index in [2.05, 4.69) is 17.1 Å². The molecule has 1 aliphatic heterocycles. The lowest BCUT2D eigenvalue weighted by Gasteiger charge is -2.36. The van der Waals surface area contributed by atoms with Gasteiger partial charge in [-0.1, -0.05) is 6.92 Å². The van der Waals surface area contributed by atoms with Crippen molar-refractivity contribution in [3.8, 4) is 0 Å². The molecule has 1 saturated heterocycles. The van der Waals surface area contributed by atoms with Gasteiger partial charge in [-0.25, -0.2) is 0 Å². The number of likely N-dealkylation sites (tertiary alicyclic amines) is 1. The lowest BCUT2D eigenvalue weighted by Crippen LogP contribution is -2.45.